The molecule has 3 aromatic rings. The zero-order chi connectivity index (χ0) is 23.6. The van der Waals surface area contributed by atoms with E-state index in [1.807, 2.05) is 12.1 Å². The second-order valence-electron chi connectivity index (χ2n) is 6.92. The van der Waals surface area contributed by atoms with Gasteiger partial charge in [0.1, 0.15) is 18.2 Å². The minimum atomic E-state index is -0.546. The molecule has 0 aliphatic carbocycles. The summed E-state index contributed by atoms with van der Waals surface area (Å²) in [5.41, 5.74) is 3.86. The Morgan fingerprint density at radius 1 is 0.939 bits per heavy atom. The van der Waals surface area contributed by atoms with Gasteiger partial charge in [0.2, 0.25) is 11.8 Å². The molecular weight excluding hydrogens is 468 g/mol. The lowest BCUT2D eigenvalue weighted by Crippen LogP contribution is -2.21. The minimum Gasteiger partial charge on any atom is -0.488 e. The number of carbonyl (C=O) groups excluding carboxylic acids is 2. The van der Waals surface area contributed by atoms with Gasteiger partial charge in [-0.1, -0.05) is 47.5 Å². The monoisotopic (exact) mass is 487 g/mol. The molecular formula is C24H20Cl2FN3O3. The van der Waals surface area contributed by atoms with E-state index in [9.17, 15) is 14.0 Å². The second-order valence-corrected chi connectivity index (χ2v) is 7.79. The number of hydrogen-bond acceptors (Lipinski definition) is 4. The number of hydrazone groups is 1. The van der Waals surface area contributed by atoms with Crippen LogP contribution in [-0.4, -0.2) is 18.0 Å². The van der Waals surface area contributed by atoms with Crippen LogP contribution < -0.4 is 15.5 Å². The number of benzene rings is 3. The first-order valence-corrected chi connectivity index (χ1v) is 10.7. The molecule has 0 saturated carbocycles. The molecule has 0 radical (unpaired) electrons. The first kappa shape index (κ1) is 24.2. The zero-order valence-electron chi connectivity index (χ0n) is 17.4. The van der Waals surface area contributed by atoms with Gasteiger partial charge in [0, 0.05) is 28.5 Å². The van der Waals surface area contributed by atoms with Crippen LogP contribution in [0, 0.1) is 5.82 Å². The van der Waals surface area contributed by atoms with Gasteiger partial charge in [-0.2, -0.15) is 5.10 Å². The van der Waals surface area contributed by atoms with E-state index in [-0.39, 0.29) is 25.1 Å². The van der Waals surface area contributed by atoms with Gasteiger partial charge >= 0.3 is 0 Å². The molecule has 0 fully saturated rings. The summed E-state index contributed by atoms with van der Waals surface area (Å²) in [7, 11) is 0. The molecule has 170 valence electrons. The van der Waals surface area contributed by atoms with E-state index in [4.69, 9.17) is 27.9 Å². The highest BCUT2D eigenvalue weighted by Gasteiger charge is 2.09. The van der Waals surface area contributed by atoms with Gasteiger partial charge in [-0.25, -0.2) is 9.82 Å². The topological polar surface area (TPSA) is 79.8 Å². The summed E-state index contributed by atoms with van der Waals surface area (Å²) in [6, 6.07) is 18.1. The number of halogens is 3. The lowest BCUT2D eigenvalue weighted by atomic mass is 10.2. The highest BCUT2D eigenvalue weighted by Crippen LogP contribution is 2.23. The van der Waals surface area contributed by atoms with E-state index in [1.54, 1.807) is 36.4 Å². The maximum Gasteiger partial charge on any atom is 0.240 e. The van der Waals surface area contributed by atoms with Crippen molar-refractivity contribution in [3.8, 4) is 5.75 Å². The van der Waals surface area contributed by atoms with Crippen molar-refractivity contribution in [2.45, 2.75) is 19.4 Å². The van der Waals surface area contributed by atoms with E-state index in [2.05, 4.69) is 15.8 Å². The average Bonchev–Trinajstić information content (AvgIpc) is 2.79. The summed E-state index contributed by atoms with van der Waals surface area (Å²) < 4.78 is 19.4. The molecule has 6 nitrogen and oxygen atoms in total. The van der Waals surface area contributed by atoms with E-state index < -0.39 is 17.6 Å². The van der Waals surface area contributed by atoms with E-state index in [0.717, 1.165) is 5.56 Å². The smallest absolute Gasteiger partial charge is 0.240 e. The SMILES string of the molecule is O=C(CCC(=O)Nc1ccccc1F)NN=Cc1cc(Cl)ccc1OCc1cccc(Cl)c1. The molecule has 0 saturated heterocycles. The van der Waals surface area contributed by atoms with Crippen molar-refractivity contribution in [3.63, 3.8) is 0 Å². The summed E-state index contributed by atoms with van der Waals surface area (Å²) >= 11 is 12.1. The fourth-order valence-corrected chi connectivity index (χ4v) is 3.16. The first-order valence-electron chi connectivity index (χ1n) is 9.94. The number of amides is 2. The van der Waals surface area contributed by atoms with E-state index >= 15 is 0 Å². The Hall–Kier alpha value is -3.42. The third-order valence-electron chi connectivity index (χ3n) is 4.38. The summed E-state index contributed by atoms with van der Waals surface area (Å²) in [6.07, 6.45) is 1.16. The molecule has 3 rings (SSSR count). The molecule has 0 bridgehead atoms. The number of para-hydroxylation sites is 1. The van der Waals surface area contributed by atoms with Gasteiger partial charge < -0.3 is 10.1 Å². The number of rotatable bonds is 9. The van der Waals surface area contributed by atoms with Crippen LogP contribution in [-0.2, 0) is 16.2 Å². The normalized spacial score (nSPS) is 10.8. The number of ether oxygens (including phenoxy) is 1. The van der Waals surface area contributed by atoms with Crippen LogP contribution in [0.3, 0.4) is 0 Å². The van der Waals surface area contributed by atoms with Gasteiger partial charge in [-0.3, -0.25) is 9.59 Å². The maximum atomic E-state index is 13.6. The Bertz CT molecular complexity index is 1170. The van der Waals surface area contributed by atoms with Crippen LogP contribution in [0.25, 0.3) is 0 Å². The fraction of sp³-hybridized carbons (Fsp3) is 0.125. The van der Waals surface area contributed by atoms with Crippen molar-refractivity contribution in [3.05, 3.63) is 93.7 Å². The van der Waals surface area contributed by atoms with Crippen LogP contribution in [0.4, 0.5) is 10.1 Å². The summed E-state index contributed by atoms with van der Waals surface area (Å²) in [5, 5.41) is 7.42. The Labute approximate surface area is 200 Å². The molecule has 0 unspecified atom stereocenters. The minimum absolute atomic E-state index is 0.0622. The van der Waals surface area contributed by atoms with Crippen LogP contribution >= 0.6 is 23.2 Å². The molecule has 0 atom stereocenters. The van der Waals surface area contributed by atoms with E-state index in [1.165, 1.54) is 24.4 Å². The van der Waals surface area contributed by atoms with Crippen molar-refractivity contribution in [1.29, 1.82) is 0 Å². The third-order valence-corrected chi connectivity index (χ3v) is 4.85. The van der Waals surface area contributed by atoms with Gasteiger partial charge in [-0.05, 0) is 48.0 Å². The largest absolute Gasteiger partial charge is 0.488 e. The number of nitrogens with zero attached hydrogens (tertiary/aromatic N) is 1. The molecule has 0 aromatic heterocycles. The van der Waals surface area contributed by atoms with Crippen LogP contribution in [0.1, 0.15) is 24.0 Å². The van der Waals surface area contributed by atoms with Crippen molar-refractivity contribution in [2.24, 2.45) is 5.10 Å². The Morgan fingerprint density at radius 3 is 2.48 bits per heavy atom. The van der Waals surface area contributed by atoms with Gasteiger partial charge in [0.15, 0.2) is 0 Å². The Kier molecular flexibility index (Phi) is 8.80. The van der Waals surface area contributed by atoms with Gasteiger partial charge in [-0.15, -0.1) is 0 Å². The van der Waals surface area contributed by atoms with Crippen LogP contribution in [0.15, 0.2) is 71.8 Å². The average molecular weight is 488 g/mol. The molecule has 3 aromatic carbocycles. The lowest BCUT2D eigenvalue weighted by Gasteiger charge is -2.10. The van der Waals surface area contributed by atoms with Gasteiger partial charge in [0.25, 0.3) is 0 Å². The molecule has 2 amide bonds. The summed E-state index contributed by atoms with van der Waals surface area (Å²) in [6.45, 7) is 0.284. The summed E-state index contributed by atoms with van der Waals surface area (Å²) in [4.78, 5) is 23.9. The maximum absolute atomic E-state index is 13.6. The van der Waals surface area contributed by atoms with Crippen molar-refractivity contribution in [2.75, 3.05) is 5.32 Å². The van der Waals surface area contributed by atoms with E-state index in [0.29, 0.717) is 21.4 Å². The molecule has 0 spiro atoms. The molecule has 33 heavy (non-hydrogen) atoms. The first-order chi connectivity index (χ1) is 15.9. The zero-order valence-corrected chi connectivity index (χ0v) is 18.9. The van der Waals surface area contributed by atoms with Crippen molar-refractivity contribution in [1.82, 2.24) is 5.43 Å². The quantitative estimate of drug-likeness (QED) is 0.305. The van der Waals surface area contributed by atoms with Crippen LogP contribution in [0.5, 0.6) is 5.75 Å². The molecule has 0 heterocycles. The lowest BCUT2D eigenvalue weighted by molar-refractivity contribution is -0.124. The Morgan fingerprint density at radius 2 is 1.70 bits per heavy atom. The highest BCUT2D eigenvalue weighted by atomic mass is 35.5. The van der Waals surface area contributed by atoms with Crippen molar-refractivity contribution >= 4 is 46.9 Å². The van der Waals surface area contributed by atoms with Crippen LogP contribution in [0.2, 0.25) is 10.0 Å². The van der Waals surface area contributed by atoms with Crippen molar-refractivity contribution < 1.29 is 18.7 Å². The second kappa shape index (κ2) is 12.0. The number of carbonyl (C=O) groups is 2. The Balaban J connectivity index is 1.51. The van der Waals surface area contributed by atoms with Gasteiger partial charge in [0.05, 0.1) is 11.9 Å². The molecule has 2 N–H and O–H groups in total. The highest BCUT2D eigenvalue weighted by molar-refractivity contribution is 6.31. The number of anilines is 1. The predicted octanol–water partition coefficient (Wildman–Crippen LogP) is 5.58. The molecule has 0 aliphatic heterocycles. The third kappa shape index (κ3) is 7.89. The standard InChI is InChI=1S/C24H20Cl2FN3O3/c25-18-5-3-4-16(12-18)15-33-22-9-8-19(26)13-17(22)14-28-30-24(32)11-10-23(31)29-21-7-2-1-6-20(21)27/h1-9,12-14H,10-11,15H2,(H,29,31)(H,30,32). The fourth-order valence-electron chi connectivity index (χ4n) is 2.77. The predicted molar refractivity (Wildman–Crippen MR) is 127 cm³/mol. The number of hydrogen-bond donors (Lipinski definition) is 2. The molecule has 9 heteroatoms. The molecule has 0 aliphatic rings. The number of nitrogens with one attached hydrogen (secondary N) is 2. The summed E-state index contributed by atoms with van der Waals surface area (Å²) in [5.74, 6) is -0.986.